The van der Waals surface area contributed by atoms with Crippen molar-refractivity contribution in [3.05, 3.63) is 5.82 Å². The van der Waals surface area contributed by atoms with E-state index in [-0.39, 0.29) is 42.2 Å². The van der Waals surface area contributed by atoms with Crippen molar-refractivity contribution in [1.29, 1.82) is 0 Å². The Balaban J connectivity index is 1.31. The topological polar surface area (TPSA) is 131 Å². The molecule has 1 aromatic heterocycles. The van der Waals surface area contributed by atoms with Gasteiger partial charge < -0.3 is 15.8 Å². The molecule has 9 nitrogen and oxygen atoms in total. The maximum absolute atomic E-state index is 13.4. The molecule has 1 aromatic rings. The highest BCUT2D eigenvalue weighted by Crippen LogP contribution is 2.39. The highest BCUT2D eigenvalue weighted by molar-refractivity contribution is 5.88. The number of hydrogen-bond donors (Lipinski definition) is 4. The lowest BCUT2D eigenvalue weighted by molar-refractivity contribution is -0.170. The minimum atomic E-state index is -0.347. The average molecular weight is 375 g/mol. The summed E-state index contributed by atoms with van der Waals surface area (Å²) >= 11 is 0. The van der Waals surface area contributed by atoms with Crippen LogP contribution in [0.15, 0.2) is 0 Å². The fourth-order valence-corrected chi connectivity index (χ4v) is 5.63. The van der Waals surface area contributed by atoms with Crippen molar-refractivity contribution >= 4 is 5.78 Å². The molecule has 4 heterocycles. The fourth-order valence-electron chi connectivity index (χ4n) is 5.63. The van der Waals surface area contributed by atoms with Crippen molar-refractivity contribution in [2.45, 2.75) is 87.9 Å². The Labute approximate surface area is 158 Å². The van der Waals surface area contributed by atoms with Crippen LogP contribution in [0, 0.1) is 11.8 Å². The number of carbonyl (C=O) groups is 1. The van der Waals surface area contributed by atoms with Crippen molar-refractivity contribution in [2.75, 3.05) is 0 Å². The summed E-state index contributed by atoms with van der Waals surface area (Å²) in [5.41, 5.74) is 6.27. The number of aromatic nitrogens is 4. The number of ether oxygens (including phenoxy) is 1. The van der Waals surface area contributed by atoms with Crippen molar-refractivity contribution < 1.29 is 9.53 Å². The van der Waals surface area contributed by atoms with Gasteiger partial charge in [0.05, 0.1) is 30.1 Å². The third-order valence-electron chi connectivity index (χ3n) is 7.10. The Hall–Kier alpha value is -1.42. The molecule has 148 valence electrons. The summed E-state index contributed by atoms with van der Waals surface area (Å²) in [6.45, 7) is 0. The summed E-state index contributed by atoms with van der Waals surface area (Å²) in [5, 5.41) is 21.2. The second kappa shape index (κ2) is 7.20. The molecule has 7 atom stereocenters. The Bertz CT molecular complexity index is 663. The molecule has 1 saturated carbocycles. The molecule has 5 N–H and O–H groups in total. The number of piperidine rings is 2. The molecular formula is C18H29N7O2. The predicted octanol–water partition coefficient (Wildman–Crippen LogP) is 0.173. The van der Waals surface area contributed by atoms with Crippen LogP contribution in [0.2, 0.25) is 0 Å². The smallest absolute Gasteiger partial charge is 0.180 e. The number of H-pyrrole nitrogens is 1. The number of aromatic amines is 1. The van der Waals surface area contributed by atoms with Crippen LogP contribution in [0.4, 0.5) is 0 Å². The van der Waals surface area contributed by atoms with Crippen molar-refractivity contribution in [1.82, 2.24) is 31.3 Å². The standard InChI is InChI=1S/C18H29N7O2/c19-16-11(17-22-24-25-23-17)8-10-15(26)14-13(27-18(10)21-16)7-6-12(20-14)9-4-2-1-3-5-9/h9-14,16,18,20-21H,1-8,19H2,(H,22,23,24,25). The lowest BCUT2D eigenvalue weighted by Crippen LogP contribution is -2.69. The predicted molar refractivity (Wildman–Crippen MR) is 96.3 cm³/mol. The molecule has 3 aliphatic heterocycles. The van der Waals surface area contributed by atoms with Gasteiger partial charge in [0.1, 0.15) is 6.23 Å². The number of hydrogen-bond acceptors (Lipinski definition) is 8. The molecule has 7 unspecified atom stereocenters. The van der Waals surface area contributed by atoms with Gasteiger partial charge in [0, 0.05) is 6.04 Å². The van der Waals surface area contributed by atoms with Crippen LogP contribution in [0.3, 0.4) is 0 Å². The van der Waals surface area contributed by atoms with Crippen LogP contribution >= 0.6 is 0 Å². The molecule has 3 saturated heterocycles. The molecule has 0 spiro atoms. The highest BCUT2D eigenvalue weighted by atomic mass is 16.5. The van der Waals surface area contributed by atoms with E-state index in [1.807, 2.05) is 0 Å². The number of nitrogens with two attached hydrogens (primary N) is 1. The van der Waals surface area contributed by atoms with E-state index in [1.165, 1.54) is 32.1 Å². The second-order valence-corrected chi connectivity index (χ2v) is 8.63. The van der Waals surface area contributed by atoms with Gasteiger partial charge in [0.25, 0.3) is 0 Å². The summed E-state index contributed by atoms with van der Waals surface area (Å²) in [6.07, 6.45) is 8.47. The number of rotatable bonds is 2. The van der Waals surface area contributed by atoms with Crippen molar-refractivity contribution in [3.8, 4) is 0 Å². The van der Waals surface area contributed by atoms with Gasteiger partial charge in [0.2, 0.25) is 0 Å². The number of carbonyl (C=O) groups excluding carboxylic acids is 1. The summed E-state index contributed by atoms with van der Waals surface area (Å²) in [4.78, 5) is 13.4. The van der Waals surface area contributed by atoms with Gasteiger partial charge in [-0.05, 0) is 38.0 Å². The summed E-state index contributed by atoms with van der Waals surface area (Å²) < 4.78 is 6.30. The van der Waals surface area contributed by atoms with Crippen LogP contribution < -0.4 is 16.4 Å². The largest absolute Gasteiger partial charge is 0.357 e. The van der Waals surface area contributed by atoms with E-state index < -0.39 is 0 Å². The van der Waals surface area contributed by atoms with Crippen LogP contribution in [0.1, 0.15) is 63.1 Å². The van der Waals surface area contributed by atoms with Gasteiger partial charge in [-0.25, -0.2) is 0 Å². The normalized spacial score (nSPS) is 43.1. The number of ketones is 1. The van der Waals surface area contributed by atoms with Crippen molar-refractivity contribution in [3.63, 3.8) is 0 Å². The molecule has 0 aromatic carbocycles. The van der Waals surface area contributed by atoms with Gasteiger partial charge in [-0.15, -0.1) is 10.2 Å². The maximum Gasteiger partial charge on any atom is 0.180 e. The van der Waals surface area contributed by atoms with E-state index in [2.05, 4.69) is 31.3 Å². The van der Waals surface area contributed by atoms with E-state index in [4.69, 9.17) is 10.5 Å². The van der Waals surface area contributed by atoms with E-state index in [1.54, 1.807) is 0 Å². The second-order valence-electron chi connectivity index (χ2n) is 8.63. The molecule has 4 aliphatic rings. The van der Waals surface area contributed by atoms with Crippen LogP contribution in [-0.2, 0) is 9.53 Å². The first kappa shape index (κ1) is 17.7. The van der Waals surface area contributed by atoms with Crippen LogP contribution in [-0.4, -0.2) is 57.0 Å². The lowest BCUT2D eigenvalue weighted by atomic mass is 9.74. The molecule has 27 heavy (non-hydrogen) atoms. The molecular weight excluding hydrogens is 346 g/mol. The zero-order chi connectivity index (χ0) is 18.4. The Morgan fingerprint density at radius 1 is 1.04 bits per heavy atom. The van der Waals surface area contributed by atoms with Crippen LogP contribution in [0.5, 0.6) is 0 Å². The zero-order valence-corrected chi connectivity index (χ0v) is 15.5. The van der Waals surface area contributed by atoms with Gasteiger partial charge in [0.15, 0.2) is 11.6 Å². The summed E-state index contributed by atoms with van der Waals surface area (Å²) in [5.74, 6) is 1.14. The SMILES string of the molecule is NC1NC2OC3CCC(C4CCCCC4)NC3C(=O)C2CC1c1nn[nH]n1. The zero-order valence-electron chi connectivity index (χ0n) is 15.5. The van der Waals surface area contributed by atoms with Gasteiger partial charge in [-0.2, -0.15) is 5.21 Å². The Kier molecular flexibility index (Phi) is 4.71. The first-order chi connectivity index (χ1) is 13.2. The quantitative estimate of drug-likeness (QED) is 0.575. The highest BCUT2D eigenvalue weighted by Gasteiger charge is 2.51. The maximum atomic E-state index is 13.4. The molecule has 4 fully saturated rings. The summed E-state index contributed by atoms with van der Waals surface area (Å²) in [7, 11) is 0. The van der Waals surface area contributed by atoms with Gasteiger partial charge >= 0.3 is 0 Å². The Morgan fingerprint density at radius 3 is 2.67 bits per heavy atom. The number of fused-ring (bicyclic) bond motifs is 2. The molecule has 0 radical (unpaired) electrons. The minimum Gasteiger partial charge on any atom is -0.357 e. The first-order valence-corrected chi connectivity index (χ1v) is 10.4. The molecule has 0 amide bonds. The van der Waals surface area contributed by atoms with Crippen LogP contribution in [0.25, 0.3) is 0 Å². The number of tetrazole rings is 1. The Morgan fingerprint density at radius 2 is 1.89 bits per heavy atom. The third kappa shape index (κ3) is 3.20. The average Bonchev–Trinajstić information content (AvgIpc) is 3.23. The monoisotopic (exact) mass is 375 g/mol. The van der Waals surface area contributed by atoms with Gasteiger partial charge in [-0.1, -0.05) is 24.5 Å². The van der Waals surface area contributed by atoms with E-state index >= 15 is 0 Å². The van der Waals surface area contributed by atoms with E-state index in [9.17, 15) is 4.79 Å². The molecule has 1 aliphatic carbocycles. The van der Waals surface area contributed by atoms with Gasteiger partial charge in [-0.3, -0.25) is 10.1 Å². The van der Waals surface area contributed by atoms with Crippen molar-refractivity contribution in [2.24, 2.45) is 17.6 Å². The fraction of sp³-hybridized carbons (Fsp3) is 0.889. The number of Topliss-reactive ketones (excluding diaryl/α,β-unsaturated/α-hetero) is 1. The summed E-state index contributed by atoms with van der Waals surface area (Å²) in [6, 6.07) is 0.247. The number of nitrogens with zero attached hydrogens (tertiary/aromatic N) is 3. The van der Waals surface area contributed by atoms with E-state index in [0.717, 1.165) is 12.8 Å². The minimum absolute atomic E-state index is 0.0555. The lowest BCUT2D eigenvalue weighted by Gasteiger charge is -2.50. The molecule has 0 bridgehead atoms. The number of nitrogens with one attached hydrogen (secondary N) is 3. The van der Waals surface area contributed by atoms with E-state index in [0.29, 0.717) is 24.2 Å². The first-order valence-electron chi connectivity index (χ1n) is 10.4. The molecule has 9 heteroatoms. The molecule has 5 rings (SSSR count). The third-order valence-corrected chi connectivity index (χ3v) is 7.10.